The van der Waals surface area contributed by atoms with Crippen LogP contribution in [0.15, 0.2) is 47.8 Å². The van der Waals surface area contributed by atoms with Crippen LogP contribution in [0.1, 0.15) is 12.5 Å². The maximum absolute atomic E-state index is 12.9. The fraction of sp³-hybridized carbons (Fsp3) is 0.176. The van der Waals surface area contributed by atoms with Gasteiger partial charge in [0.25, 0.3) is 0 Å². The van der Waals surface area contributed by atoms with E-state index in [1.807, 2.05) is 0 Å². The zero-order valence-corrected chi connectivity index (χ0v) is 15.3. The lowest BCUT2D eigenvalue weighted by Gasteiger charge is -2.08. The molecule has 0 radical (unpaired) electrons. The standard InChI is InChI=1S/C17H14F3N5O2S/c1-10(26)21-12-3-2-4-13(7-12)22-15(27)9-28-16-24-23-14-6-5-11(8-25(14)16)17(18,19)20/h2-8H,9H2,1H3,(H,21,26)(H,22,27). The van der Waals surface area contributed by atoms with Gasteiger partial charge in [0.15, 0.2) is 10.8 Å². The Morgan fingerprint density at radius 3 is 2.50 bits per heavy atom. The number of anilines is 2. The van der Waals surface area contributed by atoms with Gasteiger partial charge in [-0.1, -0.05) is 17.8 Å². The van der Waals surface area contributed by atoms with Gasteiger partial charge in [-0.05, 0) is 30.3 Å². The molecule has 28 heavy (non-hydrogen) atoms. The number of pyridine rings is 1. The third-order valence-electron chi connectivity index (χ3n) is 3.50. The molecule has 2 heterocycles. The van der Waals surface area contributed by atoms with Crippen molar-refractivity contribution >= 4 is 40.6 Å². The topological polar surface area (TPSA) is 88.4 Å². The molecule has 1 aromatic carbocycles. The molecule has 11 heteroatoms. The van der Waals surface area contributed by atoms with Gasteiger partial charge in [0.1, 0.15) is 0 Å². The summed E-state index contributed by atoms with van der Waals surface area (Å²) in [6.07, 6.45) is -3.59. The number of aromatic nitrogens is 3. The van der Waals surface area contributed by atoms with Crippen molar-refractivity contribution in [2.45, 2.75) is 18.3 Å². The van der Waals surface area contributed by atoms with Gasteiger partial charge in [-0.3, -0.25) is 14.0 Å². The van der Waals surface area contributed by atoms with Crippen molar-refractivity contribution in [1.82, 2.24) is 14.6 Å². The monoisotopic (exact) mass is 409 g/mol. The molecule has 0 fully saturated rings. The van der Waals surface area contributed by atoms with E-state index >= 15 is 0 Å². The summed E-state index contributed by atoms with van der Waals surface area (Å²) in [6.45, 7) is 1.37. The van der Waals surface area contributed by atoms with Crippen molar-refractivity contribution in [3.8, 4) is 0 Å². The number of nitrogens with one attached hydrogen (secondary N) is 2. The van der Waals surface area contributed by atoms with Crippen molar-refractivity contribution in [2.24, 2.45) is 0 Å². The van der Waals surface area contributed by atoms with Crippen molar-refractivity contribution < 1.29 is 22.8 Å². The minimum absolute atomic E-state index is 0.0819. The quantitative estimate of drug-likeness (QED) is 0.631. The van der Waals surface area contributed by atoms with E-state index in [4.69, 9.17) is 0 Å². The van der Waals surface area contributed by atoms with Crippen molar-refractivity contribution in [1.29, 1.82) is 0 Å². The molecule has 146 valence electrons. The lowest BCUT2D eigenvalue weighted by atomic mass is 10.2. The van der Waals surface area contributed by atoms with Crippen LogP contribution in [-0.4, -0.2) is 32.2 Å². The average Bonchev–Trinajstić information content (AvgIpc) is 3.01. The minimum Gasteiger partial charge on any atom is -0.326 e. The third kappa shape index (κ3) is 4.80. The van der Waals surface area contributed by atoms with E-state index in [2.05, 4.69) is 20.8 Å². The van der Waals surface area contributed by atoms with Crippen LogP contribution in [-0.2, 0) is 15.8 Å². The summed E-state index contributed by atoms with van der Waals surface area (Å²) in [5, 5.41) is 13.0. The number of carbonyl (C=O) groups excluding carboxylic acids is 2. The minimum atomic E-state index is -4.49. The highest BCUT2D eigenvalue weighted by atomic mass is 32.2. The first-order valence-electron chi connectivity index (χ1n) is 7.94. The number of amides is 2. The molecular formula is C17H14F3N5O2S. The molecule has 0 aliphatic rings. The summed E-state index contributed by atoms with van der Waals surface area (Å²) in [4.78, 5) is 23.2. The molecule has 0 saturated heterocycles. The number of halogens is 3. The Morgan fingerprint density at radius 1 is 1.11 bits per heavy atom. The van der Waals surface area contributed by atoms with E-state index in [-0.39, 0.29) is 28.4 Å². The third-order valence-corrected chi connectivity index (χ3v) is 4.44. The van der Waals surface area contributed by atoms with Crippen LogP contribution in [0.25, 0.3) is 5.65 Å². The second-order valence-electron chi connectivity index (χ2n) is 5.73. The maximum atomic E-state index is 12.9. The Balaban J connectivity index is 1.67. The van der Waals surface area contributed by atoms with Gasteiger partial charge in [-0.2, -0.15) is 13.2 Å². The zero-order chi connectivity index (χ0) is 20.3. The van der Waals surface area contributed by atoms with Crippen molar-refractivity contribution in [3.63, 3.8) is 0 Å². The number of alkyl halides is 3. The van der Waals surface area contributed by atoms with Crippen LogP contribution < -0.4 is 10.6 Å². The first kappa shape index (κ1) is 19.7. The number of hydrogen-bond donors (Lipinski definition) is 2. The largest absolute Gasteiger partial charge is 0.417 e. The fourth-order valence-electron chi connectivity index (χ4n) is 2.34. The zero-order valence-electron chi connectivity index (χ0n) is 14.4. The molecule has 2 amide bonds. The first-order valence-corrected chi connectivity index (χ1v) is 8.93. The molecule has 0 aliphatic heterocycles. The lowest BCUT2D eigenvalue weighted by Crippen LogP contribution is -2.15. The van der Waals surface area contributed by atoms with E-state index in [0.29, 0.717) is 11.4 Å². The normalized spacial score (nSPS) is 11.4. The molecule has 0 bridgehead atoms. The van der Waals surface area contributed by atoms with E-state index in [9.17, 15) is 22.8 Å². The summed E-state index contributed by atoms with van der Waals surface area (Å²) >= 11 is 0.958. The summed E-state index contributed by atoms with van der Waals surface area (Å²) in [5.41, 5.74) is 0.420. The second-order valence-corrected chi connectivity index (χ2v) is 6.67. The van der Waals surface area contributed by atoms with Crippen LogP contribution in [0.4, 0.5) is 24.5 Å². The highest BCUT2D eigenvalue weighted by Crippen LogP contribution is 2.30. The smallest absolute Gasteiger partial charge is 0.326 e. The molecule has 0 saturated carbocycles. The molecule has 2 aromatic heterocycles. The van der Waals surface area contributed by atoms with Crippen LogP contribution in [0.2, 0.25) is 0 Å². The molecule has 3 rings (SSSR count). The number of rotatable bonds is 5. The van der Waals surface area contributed by atoms with Crippen LogP contribution in [0.5, 0.6) is 0 Å². The Morgan fingerprint density at radius 2 is 1.82 bits per heavy atom. The predicted molar refractivity (Wildman–Crippen MR) is 98.1 cm³/mol. The van der Waals surface area contributed by atoms with Gasteiger partial charge in [0, 0.05) is 24.5 Å². The number of nitrogens with zero attached hydrogens (tertiary/aromatic N) is 3. The van der Waals surface area contributed by atoms with Gasteiger partial charge >= 0.3 is 6.18 Å². The van der Waals surface area contributed by atoms with Gasteiger partial charge in [0.05, 0.1) is 11.3 Å². The maximum Gasteiger partial charge on any atom is 0.417 e. The molecule has 3 aromatic rings. The Hall–Kier alpha value is -3.08. The van der Waals surface area contributed by atoms with Crippen molar-refractivity contribution in [2.75, 3.05) is 16.4 Å². The van der Waals surface area contributed by atoms with Crippen LogP contribution >= 0.6 is 11.8 Å². The highest BCUT2D eigenvalue weighted by molar-refractivity contribution is 7.99. The fourth-order valence-corrected chi connectivity index (χ4v) is 3.06. The Kier molecular flexibility index (Phi) is 5.54. The van der Waals surface area contributed by atoms with E-state index in [1.165, 1.54) is 17.4 Å². The van der Waals surface area contributed by atoms with Crippen LogP contribution in [0.3, 0.4) is 0 Å². The lowest BCUT2D eigenvalue weighted by molar-refractivity contribution is -0.138. The SMILES string of the molecule is CC(=O)Nc1cccc(NC(=O)CSc2nnc3ccc(C(F)(F)F)cn23)c1. The Labute approximate surface area is 161 Å². The summed E-state index contributed by atoms with van der Waals surface area (Å²) < 4.78 is 39.8. The highest BCUT2D eigenvalue weighted by Gasteiger charge is 2.31. The number of carbonyl (C=O) groups is 2. The molecule has 0 unspecified atom stereocenters. The van der Waals surface area contributed by atoms with E-state index < -0.39 is 11.7 Å². The number of thioether (sulfide) groups is 1. The van der Waals surface area contributed by atoms with E-state index in [1.54, 1.807) is 24.3 Å². The molecule has 0 aliphatic carbocycles. The number of benzene rings is 1. The van der Waals surface area contributed by atoms with Crippen LogP contribution in [0, 0.1) is 0 Å². The number of hydrogen-bond acceptors (Lipinski definition) is 5. The molecule has 0 atom stereocenters. The number of fused-ring (bicyclic) bond motifs is 1. The van der Waals surface area contributed by atoms with Gasteiger partial charge in [-0.25, -0.2) is 0 Å². The van der Waals surface area contributed by atoms with Gasteiger partial charge in [-0.15, -0.1) is 10.2 Å². The van der Waals surface area contributed by atoms with Gasteiger partial charge in [0.2, 0.25) is 11.8 Å². The summed E-state index contributed by atoms with van der Waals surface area (Å²) in [6, 6.07) is 8.72. The van der Waals surface area contributed by atoms with E-state index in [0.717, 1.165) is 24.0 Å². The second kappa shape index (κ2) is 7.89. The molecule has 7 nitrogen and oxygen atoms in total. The van der Waals surface area contributed by atoms with Gasteiger partial charge < -0.3 is 10.6 Å². The summed E-state index contributed by atoms with van der Waals surface area (Å²) in [5.74, 6) is -0.703. The molecule has 2 N–H and O–H groups in total. The first-order chi connectivity index (χ1) is 13.2. The Bertz CT molecular complexity index is 1040. The van der Waals surface area contributed by atoms with Crippen molar-refractivity contribution in [3.05, 3.63) is 48.2 Å². The predicted octanol–water partition coefficient (Wildman–Crippen LogP) is 3.44. The molecular weight excluding hydrogens is 395 g/mol. The summed E-state index contributed by atoms with van der Waals surface area (Å²) in [7, 11) is 0. The average molecular weight is 409 g/mol. The molecule has 0 spiro atoms.